The summed E-state index contributed by atoms with van der Waals surface area (Å²) >= 11 is 0. The number of carbonyl (C=O) groups excluding carboxylic acids is 2. The van der Waals surface area contributed by atoms with E-state index in [1.165, 1.54) is 0 Å². The van der Waals surface area contributed by atoms with Crippen molar-refractivity contribution in [2.45, 2.75) is 26.7 Å². The highest BCUT2D eigenvalue weighted by Gasteiger charge is 2.66. The van der Waals surface area contributed by atoms with Crippen LogP contribution in [0.15, 0.2) is 0 Å². The van der Waals surface area contributed by atoms with Crippen molar-refractivity contribution in [3.05, 3.63) is 0 Å². The van der Waals surface area contributed by atoms with Crippen molar-refractivity contribution < 1.29 is 14.3 Å². The summed E-state index contributed by atoms with van der Waals surface area (Å²) in [6, 6.07) is 0. The van der Waals surface area contributed by atoms with E-state index in [0.29, 0.717) is 13.0 Å². The highest BCUT2D eigenvalue weighted by Crippen LogP contribution is 2.64. The molecule has 72 valence electrons. The second kappa shape index (κ2) is 2.56. The van der Waals surface area contributed by atoms with Crippen molar-refractivity contribution in [2.24, 2.45) is 17.3 Å². The van der Waals surface area contributed by atoms with Gasteiger partial charge in [-0.25, -0.2) is 0 Å². The minimum Gasteiger partial charge on any atom is -0.466 e. The molecule has 3 nitrogen and oxygen atoms in total. The maximum absolute atomic E-state index is 11.5. The van der Waals surface area contributed by atoms with Crippen molar-refractivity contribution in [1.82, 2.24) is 0 Å². The highest BCUT2D eigenvalue weighted by molar-refractivity contribution is 5.94. The molecule has 13 heavy (non-hydrogen) atoms. The molecule has 0 aromatic heterocycles. The van der Waals surface area contributed by atoms with E-state index in [1.807, 2.05) is 6.92 Å². The van der Waals surface area contributed by atoms with Gasteiger partial charge in [0.15, 0.2) is 0 Å². The number of rotatable bonds is 2. The number of fused-ring (bicyclic) bond motifs is 1. The summed E-state index contributed by atoms with van der Waals surface area (Å²) < 4.78 is 4.95. The monoisotopic (exact) mass is 182 g/mol. The van der Waals surface area contributed by atoms with Gasteiger partial charge < -0.3 is 4.74 Å². The van der Waals surface area contributed by atoms with Gasteiger partial charge in [-0.05, 0) is 18.8 Å². The van der Waals surface area contributed by atoms with E-state index in [9.17, 15) is 9.59 Å². The summed E-state index contributed by atoms with van der Waals surface area (Å²) in [6.45, 7) is 4.22. The summed E-state index contributed by atoms with van der Waals surface area (Å²) in [5.74, 6) is 0.0609. The second-order valence-corrected chi connectivity index (χ2v) is 4.24. The van der Waals surface area contributed by atoms with Gasteiger partial charge in [0.25, 0.3) is 0 Å². The lowest BCUT2D eigenvalue weighted by Crippen LogP contribution is -2.23. The molecule has 0 heterocycles. The van der Waals surface area contributed by atoms with Gasteiger partial charge in [-0.2, -0.15) is 0 Å². The third kappa shape index (κ3) is 1.10. The van der Waals surface area contributed by atoms with Crippen LogP contribution in [0.3, 0.4) is 0 Å². The minimum atomic E-state index is -0.182. The van der Waals surface area contributed by atoms with Crippen LogP contribution in [0.25, 0.3) is 0 Å². The van der Waals surface area contributed by atoms with E-state index in [-0.39, 0.29) is 29.0 Å². The predicted molar refractivity (Wildman–Crippen MR) is 46.0 cm³/mol. The fourth-order valence-corrected chi connectivity index (χ4v) is 2.42. The zero-order valence-electron chi connectivity index (χ0n) is 8.00. The first-order valence-corrected chi connectivity index (χ1v) is 4.79. The van der Waals surface area contributed by atoms with Crippen molar-refractivity contribution in [2.75, 3.05) is 6.61 Å². The standard InChI is InChI=1S/C10H14O3/c1-3-13-9(12)6-4-8(11)7-5-10(6,7)2/h6-7H,3-5H2,1-2H3/t6-,7-,10+/m1/s1. The van der Waals surface area contributed by atoms with Gasteiger partial charge in [0.2, 0.25) is 0 Å². The zero-order chi connectivity index (χ0) is 9.64. The van der Waals surface area contributed by atoms with Gasteiger partial charge in [-0.15, -0.1) is 0 Å². The van der Waals surface area contributed by atoms with Crippen LogP contribution < -0.4 is 0 Å². The molecule has 0 unspecified atom stereocenters. The van der Waals surface area contributed by atoms with Crippen molar-refractivity contribution in [1.29, 1.82) is 0 Å². The van der Waals surface area contributed by atoms with E-state index in [1.54, 1.807) is 6.92 Å². The van der Waals surface area contributed by atoms with Crippen LogP contribution in [0.5, 0.6) is 0 Å². The molecule has 0 aliphatic heterocycles. The summed E-state index contributed by atoms with van der Waals surface area (Å²) in [6.07, 6.45) is 1.29. The Kier molecular flexibility index (Phi) is 1.72. The molecular weight excluding hydrogens is 168 g/mol. The fourth-order valence-electron chi connectivity index (χ4n) is 2.42. The number of esters is 1. The Labute approximate surface area is 77.4 Å². The molecular formula is C10H14O3. The Balaban J connectivity index is 2.09. The molecule has 0 amide bonds. The topological polar surface area (TPSA) is 43.4 Å². The fraction of sp³-hybridized carbons (Fsp3) is 0.800. The van der Waals surface area contributed by atoms with Crippen LogP contribution in [0, 0.1) is 17.3 Å². The number of hydrogen-bond donors (Lipinski definition) is 0. The molecule has 3 atom stereocenters. The van der Waals surface area contributed by atoms with Crippen LogP contribution in [-0.2, 0) is 14.3 Å². The van der Waals surface area contributed by atoms with Crippen LogP contribution in [0.2, 0.25) is 0 Å². The highest BCUT2D eigenvalue weighted by atomic mass is 16.5. The average Bonchev–Trinajstić information content (AvgIpc) is 2.68. The summed E-state index contributed by atoms with van der Waals surface area (Å²) in [5.41, 5.74) is -0.0522. The lowest BCUT2D eigenvalue weighted by atomic mass is 9.92. The van der Waals surface area contributed by atoms with Crippen molar-refractivity contribution >= 4 is 11.8 Å². The van der Waals surface area contributed by atoms with Crippen LogP contribution in [0.4, 0.5) is 0 Å². The van der Waals surface area contributed by atoms with E-state index in [0.717, 1.165) is 6.42 Å². The van der Waals surface area contributed by atoms with Gasteiger partial charge in [-0.3, -0.25) is 9.59 Å². The summed E-state index contributed by atoms with van der Waals surface area (Å²) in [5, 5.41) is 0. The largest absolute Gasteiger partial charge is 0.466 e. The molecule has 3 heteroatoms. The van der Waals surface area contributed by atoms with E-state index in [2.05, 4.69) is 0 Å². The molecule has 0 N–H and O–H groups in total. The molecule has 2 fully saturated rings. The van der Waals surface area contributed by atoms with E-state index >= 15 is 0 Å². The first-order chi connectivity index (χ1) is 6.09. The Morgan fingerprint density at radius 1 is 1.69 bits per heavy atom. The molecule has 2 saturated carbocycles. The third-order valence-electron chi connectivity index (χ3n) is 3.44. The maximum atomic E-state index is 11.5. The van der Waals surface area contributed by atoms with E-state index in [4.69, 9.17) is 4.74 Å². The zero-order valence-corrected chi connectivity index (χ0v) is 8.00. The molecule has 0 aromatic carbocycles. The Hall–Kier alpha value is -0.860. The van der Waals surface area contributed by atoms with Gasteiger partial charge in [-0.1, -0.05) is 6.92 Å². The average molecular weight is 182 g/mol. The first kappa shape index (κ1) is 8.73. The molecule has 2 aliphatic carbocycles. The van der Waals surface area contributed by atoms with Crippen LogP contribution in [0.1, 0.15) is 26.7 Å². The van der Waals surface area contributed by atoms with Crippen LogP contribution in [-0.4, -0.2) is 18.4 Å². The van der Waals surface area contributed by atoms with Gasteiger partial charge in [0.1, 0.15) is 5.78 Å². The quantitative estimate of drug-likeness (QED) is 0.602. The van der Waals surface area contributed by atoms with Gasteiger partial charge in [0.05, 0.1) is 12.5 Å². The van der Waals surface area contributed by atoms with Gasteiger partial charge in [0, 0.05) is 12.3 Å². The molecule has 0 aromatic rings. The number of Topliss-reactive ketones (excluding diaryl/α,β-unsaturated/α-hetero) is 1. The maximum Gasteiger partial charge on any atom is 0.309 e. The Bertz CT molecular complexity index is 271. The molecule has 0 radical (unpaired) electrons. The number of carbonyl (C=O) groups is 2. The summed E-state index contributed by atoms with van der Waals surface area (Å²) in [7, 11) is 0. The van der Waals surface area contributed by atoms with Crippen molar-refractivity contribution in [3.63, 3.8) is 0 Å². The second-order valence-electron chi connectivity index (χ2n) is 4.24. The Morgan fingerprint density at radius 3 is 2.77 bits per heavy atom. The summed E-state index contributed by atoms with van der Waals surface area (Å²) in [4.78, 5) is 22.8. The van der Waals surface area contributed by atoms with Crippen LogP contribution >= 0.6 is 0 Å². The SMILES string of the molecule is CCOC(=O)[C@H]1CC(=O)[C@H]2C[C@]21C. The lowest BCUT2D eigenvalue weighted by molar-refractivity contribution is -0.150. The number of hydrogen-bond acceptors (Lipinski definition) is 3. The number of ether oxygens (including phenoxy) is 1. The predicted octanol–water partition coefficient (Wildman–Crippen LogP) is 1.16. The van der Waals surface area contributed by atoms with Crippen molar-refractivity contribution in [3.8, 4) is 0 Å². The van der Waals surface area contributed by atoms with E-state index < -0.39 is 0 Å². The molecule has 0 spiro atoms. The first-order valence-electron chi connectivity index (χ1n) is 4.79. The number of ketones is 1. The Morgan fingerprint density at radius 2 is 2.38 bits per heavy atom. The smallest absolute Gasteiger partial charge is 0.309 e. The normalized spacial score (nSPS) is 41.5. The molecule has 0 saturated heterocycles. The molecule has 2 aliphatic rings. The minimum absolute atomic E-state index is 0.0522. The third-order valence-corrected chi connectivity index (χ3v) is 3.44. The van der Waals surface area contributed by atoms with Gasteiger partial charge >= 0.3 is 5.97 Å². The molecule has 0 bridgehead atoms. The lowest BCUT2D eigenvalue weighted by Gasteiger charge is -2.15. The molecule has 2 rings (SSSR count).